The Labute approximate surface area is 141 Å². The molecule has 0 saturated carbocycles. The van der Waals surface area contributed by atoms with Crippen LogP contribution in [0.4, 0.5) is 0 Å². The minimum absolute atomic E-state index is 0.297. The van der Waals surface area contributed by atoms with Crippen LogP contribution < -0.4 is 4.72 Å². The summed E-state index contributed by atoms with van der Waals surface area (Å²) in [7, 11) is -3.51. The number of nitrogens with zero attached hydrogens (tertiary/aromatic N) is 2. The van der Waals surface area contributed by atoms with Crippen LogP contribution >= 0.6 is 0 Å². The van der Waals surface area contributed by atoms with Crippen LogP contribution in [-0.4, -0.2) is 30.8 Å². The normalized spacial score (nSPS) is 13.9. The Hall–Kier alpha value is -0.980. The van der Waals surface area contributed by atoms with Crippen LogP contribution in [0.15, 0.2) is 24.5 Å². The van der Waals surface area contributed by atoms with Gasteiger partial charge in [0.15, 0.2) is 0 Å². The number of aromatic nitrogens is 1. The second-order valence-electron chi connectivity index (χ2n) is 6.90. The Morgan fingerprint density at radius 2 is 1.65 bits per heavy atom. The van der Waals surface area contributed by atoms with Crippen LogP contribution in [0.2, 0.25) is 0 Å². The molecule has 1 heterocycles. The first-order valence-electron chi connectivity index (χ1n) is 8.39. The molecule has 1 atom stereocenters. The summed E-state index contributed by atoms with van der Waals surface area (Å²) in [5, 5.41) is 0. The number of nitrogens with one attached hydrogen (secondary N) is 1. The SMILES string of the molecule is CC(C)CCN(CCC(C)C)S(=O)(=O)NC(C)c1cccnc1. The maximum absolute atomic E-state index is 12.7. The van der Waals surface area contributed by atoms with Crippen LogP contribution in [-0.2, 0) is 10.2 Å². The van der Waals surface area contributed by atoms with Gasteiger partial charge < -0.3 is 0 Å². The third-order valence-electron chi connectivity index (χ3n) is 3.76. The average molecular weight is 342 g/mol. The maximum atomic E-state index is 12.7. The van der Waals surface area contributed by atoms with Crippen molar-refractivity contribution in [3.8, 4) is 0 Å². The molecule has 1 aromatic heterocycles. The molecule has 0 spiro atoms. The van der Waals surface area contributed by atoms with E-state index in [4.69, 9.17) is 0 Å². The first-order chi connectivity index (χ1) is 10.7. The molecular formula is C17H31N3O2S. The fraction of sp³-hybridized carbons (Fsp3) is 0.706. The zero-order valence-electron chi connectivity index (χ0n) is 15.0. The zero-order chi connectivity index (χ0) is 17.5. The van der Waals surface area contributed by atoms with E-state index in [0.717, 1.165) is 18.4 Å². The lowest BCUT2D eigenvalue weighted by Crippen LogP contribution is -2.43. The van der Waals surface area contributed by atoms with Gasteiger partial charge in [0.2, 0.25) is 0 Å². The maximum Gasteiger partial charge on any atom is 0.279 e. The molecule has 0 aliphatic heterocycles. The number of hydrogen-bond acceptors (Lipinski definition) is 3. The quantitative estimate of drug-likeness (QED) is 0.710. The number of hydrogen-bond donors (Lipinski definition) is 1. The standard InChI is InChI=1S/C17H31N3O2S/c1-14(2)8-11-20(12-9-15(3)4)23(21,22)19-16(5)17-7-6-10-18-13-17/h6-7,10,13-16,19H,8-9,11-12H2,1-5H3. The molecule has 6 heteroatoms. The highest BCUT2D eigenvalue weighted by Gasteiger charge is 2.24. The summed E-state index contributed by atoms with van der Waals surface area (Å²) in [6.07, 6.45) is 5.10. The van der Waals surface area contributed by atoms with Crippen molar-refractivity contribution in [3.05, 3.63) is 30.1 Å². The molecule has 0 amide bonds. The molecular weight excluding hydrogens is 310 g/mol. The summed E-state index contributed by atoms with van der Waals surface area (Å²) in [6, 6.07) is 3.40. The predicted molar refractivity (Wildman–Crippen MR) is 95.2 cm³/mol. The molecule has 0 fully saturated rings. The lowest BCUT2D eigenvalue weighted by atomic mass is 10.1. The van der Waals surface area contributed by atoms with Gasteiger partial charge in [-0.1, -0.05) is 33.8 Å². The van der Waals surface area contributed by atoms with E-state index in [1.807, 2.05) is 19.1 Å². The minimum atomic E-state index is -3.51. The largest absolute Gasteiger partial charge is 0.279 e. The van der Waals surface area contributed by atoms with Crippen LogP contribution in [0.5, 0.6) is 0 Å². The van der Waals surface area contributed by atoms with Crippen LogP contribution in [0.3, 0.4) is 0 Å². The predicted octanol–water partition coefficient (Wildman–Crippen LogP) is 3.37. The van der Waals surface area contributed by atoms with Crippen molar-refractivity contribution >= 4 is 10.2 Å². The molecule has 0 radical (unpaired) electrons. The van der Waals surface area contributed by atoms with Gasteiger partial charge in [0, 0.05) is 31.5 Å². The highest BCUT2D eigenvalue weighted by atomic mass is 32.2. The van der Waals surface area contributed by atoms with E-state index in [1.165, 1.54) is 0 Å². The summed E-state index contributed by atoms with van der Waals surface area (Å²) in [4.78, 5) is 4.05. The van der Waals surface area contributed by atoms with Crippen molar-refractivity contribution in [3.63, 3.8) is 0 Å². The van der Waals surface area contributed by atoms with Crippen LogP contribution in [0, 0.1) is 11.8 Å². The minimum Gasteiger partial charge on any atom is -0.264 e. The molecule has 1 unspecified atom stereocenters. The molecule has 23 heavy (non-hydrogen) atoms. The molecule has 132 valence electrons. The van der Waals surface area contributed by atoms with E-state index in [-0.39, 0.29) is 6.04 Å². The summed E-state index contributed by atoms with van der Waals surface area (Å²) >= 11 is 0. The summed E-state index contributed by atoms with van der Waals surface area (Å²) in [5.74, 6) is 0.949. The highest BCUT2D eigenvalue weighted by molar-refractivity contribution is 7.87. The lowest BCUT2D eigenvalue weighted by Gasteiger charge is -2.26. The molecule has 0 aliphatic rings. The topological polar surface area (TPSA) is 62.3 Å². The molecule has 5 nitrogen and oxygen atoms in total. The van der Waals surface area contributed by atoms with Gasteiger partial charge in [-0.05, 0) is 43.2 Å². The lowest BCUT2D eigenvalue weighted by molar-refractivity contribution is 0.350. The average Bonchev–Trinajstić information content (AvgIpc) is 2.46. The van der Waals surface area contributed by atoms with Crippen molar-refractivity contribution < 1.29 is 8.42 Å². The smallest absolute Gasteiger partial charge is 0.264 e. The molecule has 0 saturated heterocycles. The molecule has 0 aliphatic carbocycles. The van der Waals surface area contributed by atoms with Gasteiger partial charge >= 0.3 is 0 Å². The molecule has 0 bridgehead atoms. The first-order valence-corrected chi connectivity index (χ1v) is 9.83. The van der Waals surface area contributed by atoms with Crippen LogP contribution in [0.25, 0.3) is 0 Å². The Balaban J connectivity index is 2.79. The summed E-state index contributed by atoms with van der Waals surface area (Å²) < 4.78 is 29.8. The van der Waals surface area contributed by atoms with Gasteiger partial charge in [-0.3, -0.25) is 4.98 Å². The Morgan fingerprint density at radius 1 is 1.09 bits per heavy atom. The zero-order valence-corrected chi connectivity index (χ0v) is 15.8. The van der Waals surface area contributed by atoms with Crippen LogP contribution in [0.1, 0.15) is 59.1 Å². The summed E-state index contributed by atoms with van der Waals surface area (Å²) in [5.41, 5.74) is 0.865. The monoisotopic (exact) mass is 341 g/mol. The summed E-state index contributed by atoms with van der Waals surface area (Å²) in [6.45, 7) is 11.4. The number of pyridine rings is 1. The van der Waals surface area contributed by atoms with Gasteiger partial charge in [-0.15, -0.1) is 0 Å². The van der Waals surface area contributed by atoms with Crippen molar-refractivity contribution in [1.29, 1.82) is 0 Å². The van der Waals surface area contributed by atoms with E-state index in [2.05, 4.69) is 37.4 Å². The Bertz CT molecular complexity index is 532. The van der Waals surface area contributed by atoms with Crippen molar-refractivity contribution in [2.75, 3.05) is 13.1 Å². The molecule has 1 N–H and O–H groups in total. The highest BCUT2D eigenvalue weighted by Crippen LogP contribution is 2.15. The van der Waals surface area contributed by atoms with E-state index in [0.29, 0.717) is 24.9 Å². The Kier molecular flexibility index (Phi) is 8.16. The second-order valence-corrected chi connectivity index (χ2v) is 8.60. The van der Waals surface area contributed by atoms with E-state index < -0.39 is 10.2 Å². The van der Waals surface area contributed by atoms with Crippen molar-refractivity contribution in [2.24, 2.45) is 11.8 Å². The van der Waals surface area contributed by atoms with E-state index in [1.54, 1.807) is 16.7 Å². The van der Waals surface area contributed by atoms with E-state index >= 15 is 0 Å². The van der Waals surface area contributed by atoms with Gasteiger partial charge in [-0.25, -0.2) is 0 Å². The van der Waals surface area contributed by atoms with Crippen molar-refractivity contribution in [1.82, 2.24) is 14.0 Å². The molecule has 1 rings (SSSR count). The van der Waals surface area contributed by atoms with Gasteiger partial charge in [0.05, 0.1) is 0 Å². The first kappa shape index (κ1) is 20.1. The van der Waals surface area contributed by atoms with E-state index in [9.17, 15) is 8.42 Å². The number of rotatable bonds is 10. The fourth-order valence-corrected chi connectivity index (χ4v) is 3.58. The third-order valence-corrected chi connectivity index (χ3v) is 5.46. The molecule has 1 aromatic rings. The van der Waals surface area contributed by atoms with Gasteiger partial charge in [0.25, 0.3) is 10.2 Å². The Morgan fingerprint density at radius 3 is 2.09 bits per heavy atom. The second kappa shape index (κ2) is 9.35. The van der Waals surface area contributed by atoms with Crippen molar-refractivity contribution in [2.45, 2.75) is 53.5 Å². The van der Waals surface area contributed by atoms with Gasteiger partial charge in [-0.2, -0.15) is 17.4 Å². The third kappa shape index (κ3) is 7.42. The fourth-order valence-electron chi connectivity index (χ4n) is 2.15. The van der Waals surface area contributed by atoms with Gasteiger partial charge in [0.1, 0.15) is 0 Å². The molecule has 0 aromatic carbocycles.